The first-order valence-electron chi connectivity index (χ1n) is 8.11. The van der Waals surface area contributed by atoms with Crippen molar-refractivity contribution in [2.45, 2.75) is 6.92 Å². The van der Waals surface area contributed by atoms with Crippen molar-refractivity contribution in [3.8, 4) is 5.69 Å². The first-order valence-corrected chi connectivity index (χ1v) is 9.62. The second-order valence-electron chi connectivity index (χ2n) is 5.92. The molecule has 3 aromatic rings. The van der Waals surface area contributed by atoms with Crippen LogP contribution in [-0.2, 0) is 4.74 Å². The van der Waals surface area contributed by atoms with Gasteiger partial charge in [0, 0.05) is 16.9 Å². The van der Waals surface area contributed by atoms with Crippen molar-refractivity contribution in [1.82, 2.24) is 9.78 Å². The molecule has 6 nitrogen and oxygen atoms in total. The number of nitrogens with one attached hydrogen (secondary N) is 1. The Morgan fingerprint density at radius 2 is 1.76 bits per heavy atom. The highest BCUT2D eigenvalue weighted by Crippen LogP contribution is 2.31. The lowest BCUT2D eigenvalue weighted by molar-refractivity contribution is 0.0601. The number of nitrogens with zero attached hydrogens (tertiary/aromatic N) is 2. The van der Waals surface area contributed by atoms with Crippen LogP contribution in [0.1, 0.15) is 21.6 Å². The Hall–Kier alpha value is -2.25. The van der Waals surface area contributed by atoms with Crippen LogP contribution in [-0.4, -0.2) is 29.1 Å². The molecule has 1 aromatic heterocycles. The molecule has 0 spiro atoms. The molecule has 0 aliphatic rings. The number of H-pyrrole nitrogens is 1. The minimum absolute atomic E-state index is 0.173. The van der Waals surface area contributed by atoms with E-state index in [0.29, 0.717) is 22.0 Å². The fourth-order valence-electron chi connectivity index (χ4n) is 2.62. The van der Waals surface area contributed by atoms with Gasteiger partial charge in [0.1, 0.15) is 5.69 Å². The van der Waals surface area contributed by atoms with E-state index in [9.17, 15) is 9.59 Å². The van der Waals surface area contributed by atoms with Crippen LogP contribution in [0.2, 0.25) is 20.1 Å². The maximum Gasteiger partial charge on any atom is 0.339 e. The minimum Gasteiger partial charge on any atom is -0.465 e. The SMILES string of the molecule is COC(=O)c1cc(N=Cc2c(C)[nH]n(-c3c(Cl)cc(Cl)cc3Cl)c2=O)ccc1Cl. The summed E-state index contributed by atoms with van der Waals surface area (Å²) in [5, 5.41) is 3.95. The van der Waals surface area contributed by atoms with Crippen LogP contribution >= 0.6 is 46.4 Å². The zero-order chi connectivity index (χ0) is 21.3. The zero-order valence-electron chi connectivity index (χ0n) is 15.1. The Balaban J connectivity index is 2.03. The average molecular weight is 473 g/mol. The van der Waals surface area contributed by atoms with Crippen LogP contribution in [0, 0.1) is 6.92 Å². The third-order valence-corrected chi connectivity index (χ3v) is 5.14. The molecule has 0 atom stereocenters. The molecular formula is C19H13Cl4N3O3. The van der Waals surface area contributed by atoms with Gasteiger partial charge in [0.25, 0.3) is 5.56 Å². The number of halogens is 4. The largest absolute Gasteiger partial charge is 0.465 e. The van der Waals surface area contributed by atoms with Crippen LogP contribution < -0.4 is 5.56 Å². The molecule has 10 heteroatoms. The summed E-state index contributed by atoms with van der Waals surface area (Å²) < 4.78 is 5.91. The first kappa shape index (κ1) is 21.5. The van der Waals surface area contributed by atoms with Gasteiger partial charge in [-0.05, 0) is 37.3 Å². The summed E-state index contributed by atoms with van der Waals surface area (Å²) in [5.74, 6) is -0.584. The van der Waals surface area contributed by atoms with Crippen LogP contribution in [0.4, 0.5) is 5.69 Å². The van der Waals surface area contributed by atoms with Crippen molar-refractivity contribution in [3.05, 3.63) is 77.6 Å². The van der Waals surface area contributed by atoms with Crippen LogP contribution in [0.3, 0.4) is 0 Å². The molecule has 0 fully saturated rings. The summed E-state index contributed by atoms with van der Waals surface area (Å²) in [6, 6.07) is 7.58. The minimum atomic E-state index is -0.584. The number of aromatic amines is 1. The van der Waals surface area contributed by atoms with E-state index in [1.807, 2.05) is 0 Å². The van der Waals surface area contributed by atoms with Crippen molar-refractivity contribution in [2.24, 2.45) is 4.99 Å². The number of esters is 1. The lowest BCUT2D eigenvalue weighted by Gasteiger charge is -2.07. The molecule has 3 rings (SSSR count). The van der Waals surface area contributed by atoms with E-state index in [1.54, 1.807) is 13.0 Å². The predicted molar refractivity (Wildman–Crippen MR) is 116 cm³/mol. The van der Waals surface area contributed by atoms with E-state index < -0.39 is 11.5 Å². The van der Waals surface area contributed by atoms with Gasteiger partial charge < -0.3 is 4.74 Å². The van der Waals surface area contributed by atoms with Crippen molar-refractivity contribution in [1.29, 1.82) is 0 Å². The van der Waals surface area contributed by atoms with Crippen LogP contribution in [0.5, 0.6) is 0 Å². The second kappa shape index (κ2) is 8.63. The molecule has 0 aliphatic heterocycles. The van der Waals surface area contributed by atoms with Crippen molar-refractivity contribution in [2.75, 3.05) is 7.11 Å². The standard InChI is InChI=1S/C19H13Cl4N3O3/c1-9-13(8-24-11-3-4-14(21)12(7-11)19(28)29-2)18(27)26(25-9)17-15(22)5-10(20)6-16(17)23/h3-8,25H,1-2H3. The first-order chi connectivity index (χ1) is 13.7. The van der Waals surface area contributed by atoms with E-state index in [2.05, 4.69) is 14.8 Å². The molecule has 150 valence electrons. The van der Waals surface area contributed by atoms with Crippen LogP contribution in [0.15, 0.2) is 40.1 Å². The molecule has 0 saturated heterocycles. The second-order valence-corrected chi connectivity index (χ2v) is 7.58. The summed E-state index contributed by atoms with van der Waals surface area (Å²) in [7, 11) is 1.26. The Bertz CT molecular complexity index is 1170. The molecule has 1 N–H and O–H groups in total. The maximum atomic E-state index is 12.9. The third kappa shape index (κ3) is 4.36. The molecular weight excluding hydrogens is 460 g/mol. The van der Waals surface area contributed by atoms with E-state index in [4.69, 9.17) is 46.4 Å². The predicted octanol–water partition coefficient (Wildman–Crippen LogP) is 5.62. The number of rotatable bonds is 4. The lowest BCUT2D eigenvalue weighted by atomic mass is 10.2. The van der Waals surface area contributed by atoms with Gasteiger partial charge in [-0.3, -0.25) is 14.9 Å². The fraction of sp³-hybridized carbons (Fsp3) is 0.105. The smallest absolute Gasteiger partial charge is 0.339 e. The number of aryl methyl sites for hydroxylation is 1. The summed E-state index contributed by atoms with van der Waals surface area (Å²) in [6.07, 6.45) is 1.38. The highest BCUT2D eigenvalue weighted by Gasteiger charge is 2.17. The molecule has 1 heterocycles. The number of hydrogen-bond donors (Lipinski definition) is 1. The average Bonchev–Trinajstić information content (AvgIpc) is 2.93. The van der Waals surface area contributed by atoms with E-state index in [0.717, 1.165) is 0 Å². The Labute approximate surface area is 185 Å². The molecule has 0 aliphatic carbocycles. The molecule has 29 heavy (non-hydrogen) atoms. The van der Waals surface area contributed by atoms with Crippen molar-refractivity contribution >= 4 is 64.3 Å². The van der Waals surface area contributed by atoms with Gasteiger partial charge in [0.05, 0.1) is 39.0 Å². The van der Waals surface area contributed by atoms with E-state index in [-0.39, 0.29) is 26.3 Å². The van der Waals surface area contributed by atoms with Crippen molar-refractivity contribution in [3.63, 3.8) is 0 Å². The Kier molecular flexibility index (Phi) is 6.39. The Morgan fingerprint density at radius 3 is 2.38 bits per heavy atom. The van der Waals surface area contributed by atoms with Gasteiger partial charge in [-0.15, -0.1) is 0 Å². The molecule has 2 aromatic carbocycles. The fourth-order valence-corrected chi connectivity index (χ4v) is 3.80. The maximum absolute atomic E-state index is 12.9. The van der Waals surface area contributed by atoms with Gasteiger partial charge in [0.15, 0.2) is 0 Å². The number of carbonyl (C=O) groups is 1. The van der Waals surface area contributed by atoms with Gasteiger partial charge >= 0.3 is 5.97 Å². The number of aromatic nitrogens is 2. The molecule has 0 radical (unpaired) electrons. The zero-order valence-corrected chi connectivity index (χ0v) is 18.1. The number of carbonyl (C=O) groups excluding carboxylic acids is 1. The number of benzene rings is 2. The van der Waals surface area contributed by atoms with Crippen LogP contribution in [0.25, 0.3) is 5.69 Å². The summed E-state index contributed by atoms with van der Waals surface area (Å²) in [6.45, 7) is 1.71. The highest BCUT2D eigenvalue weighted by molar-refractivity contribution is 6.40. The topological polar surface area (TPSA) is 76.4 Å². The molecule has 0 saturated carbocycles. The molecule has 0 bridgehead atoms. The normalized spacial score (nSPS) is 11.2. The number of hydrogen-bond acceptors (Lipinski definition) is 4. The third-order valence-electron chi connectivity index (χ3n) is 4.02. The number of aliphatic imine (C=N–C) groups is 1. The van der Waals surface area contributed by atoms with E-state index >= 15 is 0 Å². The quantitative estimate of drug-likeness (QED) is 0.395. The van der Waals surface area contributed by atoms with Gasteiger partial charge in [-0.2, -0.15) is 0 Å². The monoisotopic (exact) mass is 471 g/mol. The lowest BCUT2D eigenvalue weighted by Crippen LogP contribution is -2.18. The van der Waals surface area contributed by atoms with Gasteiger partial charge in [-0.25, -0.2) is 9.48 Å². The summed E-state index contributed by atoms with van der Waals surface area (Å²) in [4.78, 5) is 28.9. The van der Waals surface area contributed by atoms with Crippen molar-refractivity contribution < 1.29 is 9.53 Å². The van der Waals surface area contributed by atoms with Gasteiger partial charge in [-0.1, -0.05) is 46.4 Å². The highest BCUT2D eigenvalue weighted by atomic mass is 35.5. The van der Waals surface area contributed by atoms with Gasteiger partial charge in [0.2, 0.25) is 0 Å². The summed E-state index contributed by atoms with van der Waals surface area (Å²) >= 11 is 24.4. The van der Waals surface area contributed by atoms with E-state index in [1.165, 1.54) is 42.3 Å². The number of ether oxygens (including phenoxy) is 1. The number of methoxy groups -OCH3 is 1. The molecule has 0 unspecified atom stereocenters. The Morgan fingerprint density at radius 1 is 1.10 bits per heavy atom. The summed E-state index contributed by atoms with van der Waals surface area (Å²) in [5.41, 5.74) is 1.31. The molecule has 0 amide bonds.